The molecular formula is C26H31Cl2N3O5. The highest BCUT2D eigenvalue weighted by Crippen LogP contribution is 2.30. The van der Waals surface area contributed by atoms with Crippen LogP contribution < -0.4 is 10.1 Å². The number of unbranched alkanes of at least 4 members (excludes halogenated alkanes) is 1. The molecule has 36 heavy (non-hydrogen) atoms. The molecule has 1 saturated heterocycles. The van der Waals surface area contributed by atoms with Crippen LogP contribution in [0, 0.1) is 17.2 Å². The molecule has 1 N–H and O–H groups in total. The first-order valence-corrected chi connectivity index (χ1v) is 12.6. The third-order valence-corrected chi connectivity index (χ3v) is 6.54. The topological polar surface area (TPSA) is 109 Å². The standard InChI is InChI=1S/C26H31Cl2N3O5/c1-4-5-7-18(15-29)8-6-9-21(32)30-22-24(28)31(25(22)33)23(17(2)14-27)26(34)36-16-19-10-12-20(35-3)13-11-19/h6,9-13,18,22-24H,2,4-5,7-8,14,16H2,1,3H3,(H,30,32). The fraction of sp³-hybridized carbons (Fsp3) is 0.462. The second-order valence-electron chi connectivity index (χ2n) is 8.36. The number of β-lactam (4-membered cyclic amide) rings is 1. The smallest absolute Gasteiger partial charge is 0.333 e. The molecule has 1 aliphatic heterocycles. The lowest BCUT2D eigenvalue weighted by Crippen LogP contribution is -2.72. The SMILES string of the molecule is C=C(CCl)C(C(=O)OCc1ccc(OC)cc1)N1C(=O)C(NC(=O)C=CCC(C#N)CCCC)C1Cl. The van der Waals surface area contributed by atoms with Gasteiger partial charge in [0.1, 0.15) is 23.9 Å². The lowest BCUT2D eigenvalue weighted by Gasteiger charge is -2.47. The van der Waals surface area contributed by atoms with Crippen molar-refractivity contribution in [2.75, 3.05) is 13.0 Å². The van der Waals surface area contributed by atoms with Gasteiger partial charge in [0.15, 0.2) is 6.04 Å². The van der Waals surface area contributed by atoms with Crippen LogP contribution in [0.4, 0.5) is 0 Å². The van der Waals surface area contributed by atoms with E-state index >= 15 is 0 Å². The molecule has 8 nitrogen and oxygen atoms in total. The van der Waals surface area contributed by atoms with Gasteiger partial charge in [0, 0.05) is 11.8 Å². The monoisotopic (exact) mass is 535 g/mol. The summed E-state index contributed by atoms with van der Waals surface area (Å²) in [5.41, 5.74) is -0.0264. The largest absolute Gasteiger partial charge is 0.497 e. The van der Waals surface area contributed by atoms with Crippen molar-refractivity contribution in [2.45, 2.75) is 56.8 Å². The van der Waals surface area contributed by atoms with Gasteiger partial charge in [-0.2, -0.15) is 5.26 Å². The number of likely N-dealkylation sites (tertiary alicyclic amines) is 1. The fourth-order valence-electron chi connectivity index (χ4n) is 3.61. The number of amides is 2. The van der Waals surface area contributed by atoms with E-state index in [2.05, 4.69) is 18.0 Å². The Hall–Kier alpha value is -3.02. The zero-order valence-corrected chi connectivity index (χ0v) is 21.9. The van der Waals surface area contributed by atoms with Gasteiger partial charge in [0.05, 0.1) is 13.2 Å². The molecule has 4 atom stereocenters. The van der Waals surface area contributed by atoms with Crippen molar-refractivity contribution in [3.8, 4) is 11.8 Å². The van der Waals surface area contributed by atoms with Gasteiger partial charge in [-0.15, -0.1) is 11.6 Å². The number of rotatable bonds is 14. The molecule has 0 aliphatic carbocycles. The molecule has 1 aliphatic rings. The first-order chi connectivity index (χ1) is 17.3. The number of carbonyl (C=O) groups is 3. The highest BCUT2D eigenvalue weighted by atomic mass is 35.5. The molecular weight excluding hydrogens is 505 g/mol. The second kappa shape index (κ2) is 14.5. The van der Waals surface area contributed by atoms with Gasteiger partial charge in [-0.25, -0.2) is 4.79 Å². The summed E-state index contributed by atoms with van der Waals surface area (Å²) in [6.07, 6.45) is 6.03. The Morgan fingerprint density at radius 3 is 2.58 bits per heavy atom. The van der Waals surface area contributed by atoms with E-state index in [4.69, 9.17) is 32.7 Å². The molecule has 0 spiro atoms. The van der Waals surface area contributed by atoms with Crippen LogP contribution in [-0.4, -0.2) is 53.3 Å². The molecule has 1 aromatic carbocycles. The summed E-state index contributed by atoms with van der Waals surface area (Å²) in [6.45, 7) is 5.81. The van der Waals surface area contributed by atoms with E-state index in [1.807, 2.05) is 6.92 Å². The van der Waals surface area contributed by atoms with Crippen molar-refractivity contribution in [2.24, 2.45) is 5.92 Å². The number of alkyl halides is 2. The number of nitrogens with zero attached hydrogens (tertiary/aromatic N) is 2. The number of methoxy groups -OCH3 is 1. The Balaban J connectivity index is 1.96. The summed E-state index contributed by atoms with van der Waals surface area (Å²) >= 11 is 12.3. The molecule has 0 radical (unpaired) electrons. The zero-order chi connectivity index (χ0) is 26.7. The minimum Gasteiger partial charge on any atom is -0.497 e. The lowest BCUT2D eigenvalue weighted by atomic mass is 9.99. The minimum atomic E-state index is -1.19. The highest BCUT2D eigenvalue weighted by Gasteiger charge is 2.53. The van der Waals surface area contributed by atoms with Crippen molar-refractivity contribution in [1.29, 1.82) is 5.26 Å². The van der Waals surface area contributed by atoms with Gasteiger partial charge >= 0.3 is 5.97 Å². The van der Waals surface area contributed by atoms with Crippen molar-refractivity contribution in [3.63, 3.8) is 0 Å². The molecule has 1 heterocycles. The first-order valence-electron chi connectivity index (χ1n) is 11.6. The Kier molecular flexibility index (Phi) is 11.8. The molecule has 1 fully saturated rings. The van der Waals surface area contributed by atoms with E-state index in [-0.39, 0.29) is 24.0 Å². The molecule has 1 aromatic rings. The van der Waals surface area contributed by atoms with E-state index in [9.17, 15) is 19.6 Å². The maximum atomic E-state index is 12.9. The predicted molar refractivity (Wildman–Crippen MR) is 137 cm³/mol. The predicted octanol–water partition coefficient (Wildman–Crippen LogP) is 4.07. The normalized spacial score (nSPS) is 18.6. The van der Waals surface area contributed by atoms with Crippen molar-refractivity contribution in [1.82, 2.24) is 10.2 Å². The number of esters is 1. The van der Waals surface area contributed by atoms with Gasteiger partial charge in [-0.3, -0.25) is 9.59 Å². The van der Waals surface area contributed by atoms with Crippen LogP contribution in [0.5, 0.6) is 5.75 Å². The molecule has 4 unspecified atom stereocenters. The molecule has 0 bridgehead atoms. The maximum absolute atomic E-state index is 12.9. The molecule has 2 amide bonds. The van der Waals surface area contributed by atoms with Crippen LogP contribution in [0.1, 0.15) is 38.2 Å². The summed E-state index contributed by atoms with van der Waals surface area (Å²) in [7, 11) is 1.55. The number of allylic oxidation sites excluding steroid dienone is 1. The van der Waals surface area contributed by atoms with Gasteiger partial charge in [-0.05, 0) is 42.2 Å². The van der Waals surface area contributed by atoms with E-state index in [0.717, 1.165) is 29.7 Å². The molecule has 2 rings (SSSR count). The van der Waals surface area contributed by atoms with Crippen molar-refractivity contribution < 1.29 is 23.9 Å². The average Bonchev–Trinajstić information content (AvgIpc) is 2.90. The van der Waals surface area contributed by atoms with Crippen LogP contribution in [0.2, 0.25) is 0 Å². The first kappa shape index (κ1) is 29.2. The van der Waals surface area contributed by atoms with Gasteiger partial charge in [0.2, 0.25) is 5.91 Å². The summed E-state index contributed by atoms with van der Waals surface area (Å²) in [6, 6.07) is 6.99. The highest BCUT2D eigenvalue weighted by molar-refractivity contribution is 6.27. The number of hydrogen-bond donors (Lipinski definition) is 1. The van der Waals surface area contributed by atoms with Crippen LogP contribution in [0.15, 0.2) is 48.6 Å². The summed E-state index contributed by atoms with van der Waals surface area (Å²) in [5, 5.41) is 11.7. The van der Waals surface area contributed by atoms with Crippen LogP contribution in [-0.2, 0) is 25.7 Å². The Labute approximate surface area is 221 Å². The number of halogens is 2. The maximum Gasteiger partial charge on any atom is 0.333 e. The zero-order valence-electron chi connectivity index (χ0n) is 20.4. The third kappa shape index (κ3) is 7.74. The molecule has 194 valence electrons. The Morgan fingerprint density at radius 1 is 1.33 bits per heavy atom. The van der Waals surface area contributed by atoms with Crippen molar-refractivity contribution in [3.05, 3.63) is 54.1 Å². The molecule has 0 aromatic heterocycles. The molecule has 0 saturated carbocycles. The Bertz CT molecular complexity index is 1010. The third-order valence-electron chi connectivity index (χ3n) is 5.74. The van der Waals surface area contributed by atoms with Crippen LogP contribution in [0.3, 0.4) is 0 Å². The van der Waals surface area contributed by atoms with E-state index in [1.54, 1.807) is 37.5 Å². The molecule has 10 heteroatoms. The van der Waals surface area contributed by atoms with E-state index in [0.29, 0.717) is 12.2 Å². The van der Waals surface area contributed by atoms with Crippen molar-refractivity contribution >= 4 is 41.0 Å². The summed E-state index contributed by atoms with van der Waals surface area (Å²) in [5.74, 6) is -1.38. The van der Waals surface area contributed by atoms with Crippen LogP contribution >= 0.6 is 23.2 Å². The Morgan fingerprint density at radius 2 is 2.03 bits per heavy atom. The number of nitrogens with one attached hydrogen (secondary N) is 1. The number of hydrogen-bond acceptors (Lipinski definition) is 6. The minimum absolute atomic E-state index is 0.0310. The fourth-order valence-corrected chi connectivity index (χ4v) is 4.14. The van der Waals surface area contributed by atoms with Gasteiger partial charge in [0.25, 0.3) is 5.91 Å². The quantitative estimate of drug-likeness (QED) is 0.0959. The lowest BCUT2D eigenvalue weighted by molar-refractivity contribution is -0.163. The van der Waals surface area contributed by atoms with Gasteiger partial charge < -0.3 is 19.7 Å². The number of ether oxygens (including phenoxy) is 2. The average molecular weight is 536 g/mol. The van der Waals surface area contributed by atoms with E-state index < -0.39 is 35.4 Å². The van der Waals surface area contributed by atoms with E-state index in [1.165, 1.54) is 6.08 Å². The summed E-state index contributed by atoms with van der Waals surface area (Å²) < 4.78 is 10.5. The number of nitriles is 1. The second-order valence-corrected chi connectivity index (χ2v) is 9.08. The van der Waals surface area contributed by atoms with Gasteiger partial charge in [-0.1, -0.05) is 56.2 Å². The van der Waals surface area contributed by atoms with Crippen LogP contribution in [0.25, 0.3) is 0 Å². The number of benzene rings is 1. The summed E-state index contributed by atoms with van der Waals surface area (Å²) in [4.78, 5) is 39.1. The number of carbonyl (C=O) groups excluding carboxylic acids is 3.